The van der Waals surface area contributed by atoms with E-state index in [2.05, 4.69) is 38.8 Å². The van der Waals surface area contributed by atoms with Gasteiger partial charge in [-0.05, 0) is 25.2 Å². The summed E-state index contributed by atoms with van der Waals surface area (Å²) in [6.45, 7) is 8.37. The number of allylic oxidation sites excluding steroid dienone is 2. The summed E-state index contributed by atoms with van der Waals surface area (Å²) in [5.41, 5.74) is 2.14. The molecule has 2 atom stereocenters. The molecular formula is C20H23NO3. The van der Waals surface area contributed by atoms with Crippen LogP contribution in [0.15, 0.2) is 52.6 Å². The summed E-state index contributed by atoms with van der Waals surface area (Å²) >= 11 is 0. The molecule has 126 valence electrons. The number of hydrogen-bond acceptors (Lipinski definition) is 4. The average Bonchev–Trinajstić information content (AvgIpc) is 2.90. The largest absolute Gasteiger partial charge is 0.455 e. The van der Waals surface area contributed by atoms with Crippen LogP contribution in [0.2, 0.25) is 0 Å². The Morgan fingerprint density at radius 2 is 2.00 bits per heavy atom. The lowest BCUT2D eigenvalue weighted by atomic mass is 10.1. The maximum absolute atomic E-state index is 12.3. The molecule has 0 saturated heterocycles. The van der Waals surface area contributed by atoms with Crippen molar-refractivity contribution < 1.29 is 13.9 Å². The molecule has 4 nitrogen and oxygen atoms in total. The molecule has 1 aromatic heterocycles. The minimum atomic E-state index is -0.179. The van der Waals surface area contributed by atoms with Gasteiger partial charge < -0.3 is 9.15 Å². The lowest BCUT2D eigenvalue weighted by Gasteiger charge is -2.03. The molecular weight excluding hydrogens is 302 g/mol. The fourth-order valence-corrected chi connectivity index (χ4v) is 3.13. The molecule has 0 aliphatic heterocycles. The smallest absolute Gasteiger partial charge is 0.310 e. The van der Waals surface area contributed by atoms with E-state index in [9.17, 15) is 4.79 Å². The van der Waals surface area contributed by atoms with Gasteiger partial charge in [0.15, 0.2) is 12.4 Å². The highest BCUT2D eigenvalue weighted by Crippen LogP contribution is 2.59. The number of esters is 1. The van der Waals surface area contributed by atoms with Crippen LogP contribution in [-0.4, -0.2) is 11.0 Å². The van der Waals surface area contributed by atoms with Crippen LogP contribution in [0.1, 0.15) is 33.6 Å². The molecule has 0 bridgehead atoms. The van der Waals surface area contributed by atoms with Gasteiger partial charge in [0.2, 0.25) is 5.89 Å². The minimum Gasteiger partial charge on any atom is -0.455 e. The molecule has 0 N–H and O–H groups in total. The highest BCUT2D eigenvalue weighted by atomic mass is 16.5. The SMILES string of the molecule is CC(C)=C[C@@H]1[C@H](C(=O)OCc2ncc(-c3ccccc3)o2)C1(C)C. The van der Waals surface area contributed by atoms with Gasteiger partial charge in [0.1, 0.15) is 0 Å². The molecule has 1 aliphatic carbocycles. The number of benzene rings is 1. The number of rotatable bonds is 5. The van der Waals surface area contributed by atoms with Crippen molar-refractivity contribution >= 4 is 5.97 Å². The lowest BCUT2D eigenvalue weighted by molar-refractivity contribution is -0.148. The quantitative estimate of drug-likeness (QED) is 0.594. The van der Waals surface area contributed by atoms with Crippen LogP contribution in [0, 0.1) is 17.3 Å². The molecule has 0 spiro atoms. The Morgan fingerprint density at radius 3 is 2.67 bits per heavy atom. The Kier molecular flexibility index (Phi) is 4.31. The highest BCUT2D eigenvalue weighted by molar-refractivity contribution is 5.78. The van der Waals surface area contributed by atoms with Crippen LogP contribution >= 0.6 is 0 Å². The summed E-state index contributed by atoms with van der Waals surface area (Å²) in [6, 6.07) is 9.73. The third kappa shape index (κ3) is 3.28. The second kappa shape index (κ2) is 6.27. The normalized spacial score (nSPS) is 21.2. The molecule has 24 heavy (non-hydrogen) atoms. The van der Waals surface area contributed by atoms with Gasteiger partial charge in [0.05, 0.1) is 12.1 Å². The topological polar surface area (TPSA) is 52.3 Å². The highest BCUT2D eigenvalue weighted by Gasteiger charge is 2.61. The molecule has 3 rings (SSSR count). The van der Waals surface area contributed by atoms with E-state index >= 15 is 0 Å². The third-order valence-electron chi connectivity index (χ3n) is 4.63. The molecule has 0 amide bonds. The van der Waals surface area contributed by atoms with E-state index in [1.54, 1.807) is 6.20 Å². The van der Waals surface area contributed by atoms with Crippen molar-refractivity contribution in [2.24, 2.45) is 17.3 Å². The maximum atomic E-state index is 12.3. The molecule has 2 aromatic rings. The summed E-state index contributed by atoms with van der Waals surface area (Å²) in [5, 5.41) is 0. The van der Waals surface area contributed by atoms with Crippen molar-refractivity contribution in [3.05, 3.63) is 54.1 Å². The Bertz CT molecular complexity index is 754. The van der Waals surface area contributed by atoms with Crippen LogP contribution in [0.3, 0.4) is 0 Å². The van der Waals surface area contributed by atoms with Crippen molar-refractivity contribution in [1.82, 2.24) is 4.98 Å². The van der Waals surface area contributed by atoms with E-state index in [4.69, 9.17) is 9.15 Å². The van der Waals surface area contributed by atoms with Gasteiger partial charge in [-0.1, -0.05) is 55.8 Å². The van der Waals surface area contributed by atoms with E-state index in [-0.39, 0.29) is 29.8 Å². The molecule has 1 heterocycles. The first-order chi connectivity index (χ1) is 11.4. The molecule has 4 heteroatoms. The molecule has 0 radical (unpaired) electrons. The first kappa shape index (κ1) is 16.5. The monoisotopic (exact) mass is 325 g/mol. The van der Waals surface area contributed by atoms with Crippen molar-refractivity contribution in [3.8, 4) is 11.3 Å². The molecule has 0 unspecified atom stereocenters. The maximum Gasteiger partial charge on any atom is 0.310 e. The van der Waals surface area contributed by atoms with Crippen molar-refractivity contribution in [1.29, 1.82) is 0 Å². The Hall–Kier alpha value is -2.36. The van der Waals surface area contributed by atoms with Crippen LogP contribution < -0.4 is 0 Å². The summed E-state index contributed by atoms with van der Waals surface area (Å²) in [5.74, 6) is 1.08. The molecule has 1 saturated carbocycles. The summed E-state index contributed by atoms with van der Waals surface area (Å²) in [6.07, 6.45) is 3.82. The zero-order valence-corrected chi connectivity index (χ0v) is 14.6. The van der Waals surface area contributed by atoms with Gasteiger partial charge >= 0.3 is 5.97 Å². The average molecular weight is 325 g/mol. The first-order valence-corrected chi connectivity index (χ1v) is 8.21. The zero-order valence-electron chi connectivity index (χ0n) is 14.6. The number of nitrogens with zero attached hydrogens (tertiary/aromatic N) is 1. The van der Waals surface area contributed by atoms with E-state index in [1.807, 2.05) is 30.3 Å². The van der Waals surface area contributed by atoms with Gasteiger partial charge in [0, 0.05) is 5.56 Å². The van der Waals surface area contributed by atoms with E-state index in [1.165, 1.54) is 5.57 Å². The number of oxazole rings is 1. The van der Waals surface area contributed by atoms with E-state index in [0.29, 0.717) is 11.7 Å². The van der Waals surface area contributed by atoms with Gasteiger partial charge in [-0.2, -0.15) is 0 Å². The number of carbonyl (C=O) groups is 1. The van der Waals surface area contributed by atoms with Gasteiger partial charge in [-0.3, -0.25) is 4.79 Å². The fourth-order valence-electron chi connectivity index (χ4n) is 3.13. The third-order valence-corrected chi connectivity index (χ3v) is 4.63. The summed E-state index contributed by atoms with van der Waals surface area (Å²) in [7, 11) is 0. The molecule has 1 aliphatic rings. The number of aromatic nitrogens is 1. The Labute approximate surface area is 142 Å². The summed E-state index contributed by atoms with van der Waals surface area (Å²) in [4.78, 5) is 16.5. The first-order valence-electron chi connectivity index (χ1n) is 8.21. The van der Waals surface area contributed by atoms with Gasteiger partial charge in [-0.15, -0.1) is 0 Å². The van der Waals surface area contributed by atoms with Crippen LogP contribution in [0.5, 0.6) is 0 Å². The fraction of sp³-hybridized carbons (Fsp3) is 0.400. The van der Waals surface area contributed by atoms with Crippen molar-refractivity contribution in [2.45, 2.75) is 34.3 Å². The summed E-state index contributed by atoms with van der Waals surface area (Å²) < 4.78 is 11.1. The number of carbonyl (C=O) groups excluding carboxylic acids is 1. The predicted octanol–water partition coefficient (Wildman–Crippen LogP) is 4.62. The second-order valence-electron chi connectivity index (χ2n) is 7.16. The van der Waals surface area contributed by atoms with Gasteiger partial charge in [0.25, 0.3) is 0 Å². The minimum absolute atomic E-state index is 0.0415. The van der Waals surface area contributed by atoms with Crippen molar-refractivity contribution in [2.75, 3.05) is 0 Å². The van der Waals surface area contributed by atoms with E-state index < -0.39 is 0 Å². The Morgan fingerprint density at radius 1 is 1.29 bits per heavy atom. The lowest BCUT2D eigenvalue weighted by Crippen LogP contribution is -2.10. The zero-order chi connectivity index (χ0) is 17.3. The molecule has 1 aromatic carbocycles. The van der Waals surface area contributed by atoms with E-state index in [0.717, 1.165) is 5.56 Å². The Balaban J connectivity index is 1.60. The van der Waals surface area contributed by atoms with Crippen LogP contribution in [0.25, 0.3) is 11.3 Å². The predicted molar refractivity (Wildman–Crippen MR) is 91.9 cm³/mol. The van der Waals surface area contributed by atoms with Crippen molar-refractivity contribution in [3.63, 3.8) is 0 Å². The van der Waals surface area contributed by atoms with Crippen LogP contribution in [0.4, 0.5) is 0 Å². The van der Waals surface area contributed by atoms with Crippen LogP contribution in [-0.2, 0) is 16.1 Å². The standard InChI is InChI=1S/C20H23NO3/c1-13(2)10-15-18(20(15,3)4)19(22)23-12-17-21-11-16(24-17)14-8-6-5-7-9-14/h5-11,15,18H,12H2,1-4H3/t15-,18-/m1/s1. The second-order valence-corrected chi connectivity index (χ2v) is 7.16. The van der Waals surface area contributed by atoms with Gasteiger partial charge in [-0.25, -0.2) is 4.98 Å². The number of hydrogen-bond donors (Lipinski definition) is 0. The number of ether oxygens (including phenoxy) is 1. The molecule has 1 fully saturated rings.